The average Bonchev–Trinajstić information content (AvgIpc) is 2.13. The summed E-state index contributed by atoms with van der Waals surface area (Å²) in [6, 6.07) is 0. The van der Waals surface area contributed by atoms with Crippen LogP contribution in [0.2, 0.25) is 0 Å². The SMILES string of the molecule is C=C(C)C(=O)O.C=CC(=O)NC(C)(C)CS(=O)(=O)O. The third kappa shape index (κ3) is 14.3. The molecule has 0 aromatic rings. The zero-order chi connectivity index (χ0) is 15.9. The van der Waals surface area contributed by atoms with Gasteiger partial charge < -0.3 is 10.4 Å². The molecule has 3 N–H and O–H groups in total. The van der Waals surface area contributed by atoms with Gasteiger partial charge in [0.2, 0.25) is 5.91 Å². The molecular formula is C11H19NO6S. The van der Waals surface area contributed by atoms with Crippen molar-refractivity contribution in [2.45, 2.75) is 26.3 Å². The third-order valence-corrected chi connectivity index (χ3v) is 2.64. The predicted molar refractivity (Wildman–Crippen MR) is 71.3 cm³/mol. The molecule has 0 spiro atoms. The van der Waals surface area contributed by atoms with Crippen LogP contribution in [0.4, 0.5) is 0 Å². The Bertz CT molecular complexity index is 452. The number of hydrogen-bond acceptors (Lipinski definition) is 4. The van der Waals surface area contributed by atoms with E-state index in [1.807, 2.05) is 0 Å². The molecule has 0 bridgehead atoms. The first-order valence-electron chi connectivity index (χ1n) is 5.09. The third-order valence-electron chi connectivity index (χ3n) is 1.56. The van der Waals surface area contributed by atoms with Crippen LogP contribution in [0.5, 0.6) is 0 Å². The molecule has 8 heteroatoms. The first-order chi connectivity index (χ1) is 8.30. The molecule has 0 aromatic carbocycles. The van der Waals surface area contributed by atoms with Crippen molar-refractivity contribution >= 4 is 22.0 Å². The number of aliphatic carboxylic acids is 1. The van der Waals surface area contributed by atoms with Crippen LogP contribution in [0, 0.1) is 0 Å². The van der Waals surface area contributed by atoms with E-state index in [2.05, 4.69) is 18.5 Å². The Labute approximate surface area is 112 Å². The Hall–Kier alpha value is -1.67. The molecule has 0 unspecified atom stereocenters. The summed E-state index contributed by atoms with van der Waals surface area (Å²) in [5, 5.41) is 10.3. The van der Waals surface area contributed by atoms with Gasteiger partial charge in [-0.2, -0.15) is 8.42 Å². The maximum Gasteiger partial charge on any atom is 0.330 e. The minimum absolute atomic E-state index is 0.176. The maximum absolute atomic E-state index is 10.8. The first-order valence-corrected chi connectivity index (χ1v) is 6.70. The molecule has 0 aromatic heterocycles. The number of carbonyl (C=O) groups is 2. The van der Waals surface area contributed by atoms with E-state index in [0.29, 0.717) is 0 Å². The Morgan fingerprint density at radius 3 is 1.95 bits per heavy atom. The van der Waals surface area contributed by atoms with Gasteiger partial charge in [-0.05, 0) is 26.8 Å². The lowest BCUT2D eigenvalue weighted by molar-refractivity contribution is -0.132. The highest BCUT2D eigenvalue weighted by Crippen LogP contribution is 2.05. The summed E-state index contributed by atoms with van der Waals surface area (Å²) < 4.78 is 29.5. The molecule has 7 nitrogen and oxygen atoms in total. The molecule has 0 saturated heterocycles. The molecule has 19 heavy (non-hydrogen) atoms. The maximum atomic E-state index is 10.8. The minimum Gasteiger partial charge on any atom is -0.478 e. The second-order valence-corrected chi connectivity index (χ2v) is 5.84. The van der Waals surface area contributed by atoms with Gasteiger partial charge in [-0.15, -0.1) is 0 Å². The number of carbonyl (C=O) groups excluding carboxylic acids is 1. The monoisotopic (exact) mass is 293 g/mol. The van der Waals surface area contributed by atoms with Crippen LogP contribution in [-0.2, 0) is 19.7 Å². The lowest BCUT2D eigenvalue weighted by atomic mass is 10.1. The number of carboxylic acids is 1. The van der Waals surface area contributed by atoms with E-state index >= 15 is 0 Å². The van der Waals surface area contributed by atoms with Gasteiger partial charge in [-0.25, -0.2) is 4.79 Å². The van der Waals surface area contributed by atoms with Crippen molar-refractivity contribution in [3.8, 4) is 0 Å². The Balaban J connectivity index is 0. The Morgan fingerprint density at radius 2 is 1.74 bits per heavy atom. The molecule has 1 amide bonds. The molecule has 0 heterocycles. The molecule has 0 fully saturated rings. The smallest absolute Gasteiger partial charge is 0.330 e. The Morgan fingerprint density at radius 1 is 1.37 bits per heavy atom. The molecule has 0 aliphatic carbocycles. The average molecular weight is 293 g/mol. The van der Waals surface area contributed by atoms with E-state index in [1.54, 1.807) is 0 Å². The zero-order valence-corrected chi connectivity index (χ0v) is 12.0. The fraction of sp³-hybridized carbons (Fsp3) is 0.455. The van der Waals surface area contributed by atoms with Crippen LogP contribution in [-0.4, -0.2) is 41.2 Å². The molecule has 110 valence electrons. The van der Waals surface area contributed by atoms with Crippen molar-refractivity contribution in [3.05, 3.63) is 24.8 Å². The second-order valence-electron chi connectivity index (χ2n) is 4.39. The summed E-state index contributed by atoms with van der Waals surface area (Å²) in [7, 11) is -4.08. The van der Waals surface area contributed by atoms with Gasteiger partial charge in [0.15, 0.2) is 0 Å². The molecule has 0 saturated carbocycles. The summed E-state index contributed by atoms with van der Waals surface area (Å²) in [5.41, 5.74) is -0.825. The first kappa shape index (κ1) is 19.7. The number of rotatable bonds is 5. The van der Waals surface area contributed by atoms with Crippen molar-refractivity contribution in [2.75, 3.05) is 5.75 Å². The van der Waals surface area contributed by atoms with Gasteiger partial charge in [0.1, 0.15) is 0 Å². The Kier molecular flexibility index (Phi) is 7.97. The summed E-state index contributed by atoms with van der Waals surface area (Å²) in [6.07, 6.45) is 1.03. The molecular weight excluding hydrogens is 274 g/mol. The summed E-state index contributed by atoms with van der Waals surface area (Å²) in [5.74, 6) is -1.94. The fourth-order valence-corrected chi connectivity index (χ4v) is 1.86. The molecule has 0 radical (unpaired) electrons. The van der Waals surface area contributed by atoms with Crippen LogP contribution in [0.15, 0.2) is 24.8 Å². The number of nitrogens with one attached hydrogen (secondary N) is 1. The van der Waals surface area contributed by atoms with Gasteiger partial charge >= 0.3 is 5.97 Å². The standard InChI is InChI=1S/C7H13NO4S.C4H6O2/c1-4-6(9)8-7(2,3)5-13(10,11)12;1-3(2)4(5)6/h4H,1,5H2,2-3H3,(H,8,9)(H,10,11,12);1H2,2H3,(H,5,6). The molecule has 0 aliphatic rings. The second kappa shape index (κ2) is 7.70. The number of hydrogen-bond donors (Lipinski definition) is 3. The largest absolute Gasteiger partial charge is 0.478 e. The van der Waals surface area contributed by atoms with Crippen molar-refractivity contribution in [3.63, 3.8) is 0 Å². The zero-order valence-electron chi connectivity index (χ0n) is 11.1. The predicted octanol–water partition coefficient (Wildman–Crippen LogP) is 0.602. The van der Waals surface area contributed by atoms with Crippen LogP contribution >= 0.6 is 0 Å². The summed E-state index contributed by atoms with van der Waals surface area (Å²) in [6.45, 7) is 10.8. The van der Waals surface area contributed by atoms with E-state index in [4.69, 9.17) is 9.66 Å². The normalized spacial score (nSPS) is 10.7. The van der Waals surface area contributed by atoms with Crippen LogP contribution in [0.3, 0.4) is 0 Å². The van der Waals surface area contributed by atoms with Crippen molar-refractivity contribution in [1.29, 1.82) is 0 Å². The van der Waals surface area contributed by atoms with E-state index in [9.17, 15) is 18.0 Å². The van der Waals surface area contributed by atoms with E-state index in [-0.39, 0.29) is 5.57 Å². The van der Waals surface area contributed by atoms with Crippen LogP contribution in [0.25, 0.3) is 0 Å². The van der Waals surface area contributed by atoms with Gasteiger partial charge in [0, 0.05) is 5.57 Å². The van der Waals surface area contributed by atoms with Crippen LogP contribution in [0.1, 0.15) is 20.8 Å². The van der Waals surface area contributed by atoms with Gasteiger partial charge in [-0.1, -0.05) is 13.2 Å². The topological polar surface area (TPSA) is 121 Å². The number of carboxylic acid groups (broad SMARTS) is 1. The quantitative estimate of drug-likeness (QED) is 0.504. The lowest BCUT2D eigenvalue weighted by Crippen LogP contribution is -2.47. The van der Waals surface area contributed by atoms with Crippen LogP contribution < -0.4 is 5.32 Å². The number of amides is 1. The van der Waals surface area contributed by atoms with E-state index < -0.39 is 33.3 Å². The van der Waals surface area contributed by atoms with Crippen molar-refractivity contribution < 1.29 is 27.7 Å². The molecule has 0 rings (SSSR count). The molecule has 0 atom stereocenters. The lowest BCUT2D eigenvalue weighted by Gasteiger charge is -2.23. The van der Waals surface area contributed by atoms with Crippen molar-refractivity contribution in [2.24, 2.45) is 0 Å². The van der Waals surface area contributed by atoms with Gasteiger partial charge in [-0.3, -0.25) is 9.35 Å². The summed E-state index contributed by atoms with van der Waals surface area (Å²) in [4.78, 5) is 20.4. The van der Waals surface area contributed by atoms with E-state index in [0.717, 1.165) is 6.08 Å². The summed E-state index contributed by atoms with van der Waals surface area (Å²) >= 11 is 0. The highest BCUT2D eigenvalue weighted by molar-refractivity contribution is 7.85. The fourth-order valence-electron chi connectivity index (χ4n) is 0.877. The van der Waals surface area contributed by atoms with Gasteiger partial charge in [0.05, 0.1) is 11.3 Å². The highest BCUT2D eigenvalue weighted by Gasteiger charge is 2.25. The molecule has 0 aliphatic heterocycles. The minimum atomic E-state index is -4.08. The highest BCUT2D eigenvalue weighted by atomic mass is 32.2. The van der Waals surface area contributed by atoms with Gasteiger partial charge in [0.25, 0.3) is 10.1 Å². The van der Waals surface area contributed by atoms with E-state index in [1.165, 1.54) is 20.8 Å². The van der Waals surface area contributed by atoms with Crippen molar-refractivity contribution in [1.82, 2.24) is 5.32 Å².